The number of anilines is 3. The fraction of sp³-hybridized carbons (Fsp3) is 0.0169. The summed E-state index contributed by atoms with van der Waals surface area (Å²) in [5.41, 5.74) is 19.5. The smallest absolute Gasteiger partial charge is 0.137 e. The minimum atomic E-state index is -0.620. The van der Waals surface area contributed by atoms with Crippen LogP contribution in [0, 0.1) is 0 Å². The van der Waals surface area contributed by atoms with Gasteiger partial charge >= 0.3 is 0 Å². The molecule has 11 aromatic rings. The Kier molecular flexibility index (Phi) is 7.26. The quantitative estimate of drug-likeness (QED) is 0.173. The van der Waals surface area contributed by atoms with E-state index < -0.39 is 5.41 Å². The molecule has 0 bridgehead atoms. The van der Waals surface area contributed by atoms with Crippen LogP contribution in [0.3, 0.4) is 0 Å². The van der Waals surface area contributed by atoms with Crippen molar-refractivity contribution in [1.29, 1.82) is 0 Å². The molecule has 1 unspecified atom stereocenters. The van der Waals surface area contributed by atoms with Crippen molar-refractivity contribution in [2.75, 3.05) is 4.90 Å². The van der Waals surface area contributed by atoms with E-state index in [0.717, 1.165) is 50.1 Å². The molecule has 13 rings (SSSR count). The van der Waals surface area contributed by atoms with Gasteiger partial charge in [0.05, 0.1) is 11.1 Å². The van der Waals surface area contributed by atoms with Gasteiger partial charge in [-0.1, -0.05) is 182 Å². The zero-order valence-electron chi connectivity index (χ0n) is 33.2. The van der Waals surface area contributed by atoms with Gasteiger partial charge in [-0.15, -0.1) is 0 Å². The Hall–Kier alpha value is -7.94. The molecule has 0 saturated heterocycles. The van der Waals surface area contributed by atoms with Gasteiger partial charge in [0.1, 0.15) is 11.2 Å². The highest BCUT2D eigenvalue weighted by atomic mass is 16.3. The third-order valence-corrected chi connectivity index (χ3v) is 13.3. The average Bonchev–Trinajstić information content (AvgIpc) is 3.84. The van der Waals surface area contributed by atoms with Crippen LogP contribution in [0.1, 0.15) is 22.3 Å². The SMILES string of the molecule is c1ccc(-c2ccccc2N(c2ccc3c(c2)C2(c4ccccc4-3)c3ccccc3-c3cccc4ccc(-c5ccccc5)c2c34)c2ccc3c(c2)oc2ccccc23)cc1. The van der Waals surface area contributed by atoms with Crippen molar-refractivity contribution in [3.05, 3.63) is 247 Å². The minimum Gasteiger partial charge on any atom is -0.456 e. The highest BCUT2D eigenvalue weighted by molar-refractivity contribution is 6.11. The molecule has 0 saturated carbocycles. The third kappa shape index (κ3) is 4.79. The molecule has 0 N–H and O–H groups in total. The van der Waals surface area contributed by atoms with E-state index in [1.807, 2.05) is 6.07 Å². The van der Waals surface area contributed by atoms with Crippen LogP contribution in [0.25, 0.3) is 77.2 Å². The first-order chi connectivity index (χ1) is 30.3. The van der Waals surface area contributed by atoms with Gasteiger partial charge in [0.2, 0.25) is 0 Å². The van der Waals surface area contributed by atoms with E-state index >= 15 is 0 Å². The molecule has 1 atom stereocenters. The van der Waals surface area contributed by atoms with E-state index in [1.165, 1.54) is 66.4 Å². The molecular weight excluding hydrogens is 739 g/mol. The zero-order valence-corrected chi connectivity index (χ0v) is 33.2. The molecule has 0 radical (unpaired) electrons. The summed E-state index contributed by atoms with van der Waals surface area (Å²) in [5, 5.41) is 4.80. The second-order valence-electron chi connectivity index (χ2n) is 16.3. The number of para-hydroxylation sites is 2. The van der Waals surface area contributed by atoms with Crippen molar-refractivity contribution in [2.45, 2.75) is 5.41 Å². The van der Waals surface area contributed by atoms with E-state index in [-0.39, 0.29) is 0 Å². The summed E-state index contributed by atoms with van der Waals surface area (Å²) in [5.74, 6) is 0. The maximum absolute atomic E-state index is 6.57. The van der Waals surface area contributed by atoms with Crippen molar-refractivity contribution >= 4 is 49.8 Å². The maximum atomic E-state index is 6.57. The largest absolute Gasteiger partial charge is 0.456 e. The van der Waals surface area contributed by atoms with Gasteiger partial charge in [-0.25, -0.2) is 0 Å². The van der Waals surface area contributed by atoms with Crippen molar-refractivity contribution in [2.24, 2.45) is 0 Å². The van der Waals surface area contributed by atoms with Crippen molar-refractivity contribution in [3.8, 4) is 44.5 Å². The van der Waals surface area contributed by atoms with Crippen LogP contribution < -0.4 is 4.90 Å². The van der Waals surface area contributed by atoms with Crippen LogP contribution >= 0.6 is 0 Å². The van der Waals surface area contributed by atoms with Gasteiger partial charge in [-0.05, 0) is 108 Å². The fourth-order valence-corrected chi connectivity index (χ4v) is 10.8. The predicted octanol–water partition coefficient (Wildman–Crippen LogP) is 15.9. The Balaban J connectivity index is 1.15. The van der Waals surface area contributed by atoms with Crippen molar-refractivity contribution < 1.29 is 4.42 Å². The summed E-state index contributed by atoms with van der Waals surface area (Å²) in [6.07, 6.45) is 0. The van der Waals surface area contributed by atoms with Crippen LogP contribution in [-0.2, 0) is 5.41 Å². The van der Waals surface area contributed by atoms with Crippen molar-refractivity contribution in [1.82, 2.24) is 0 Å². The standard InChI is InChI=1S/C59H37NO/c1-3-16-38(17-4-1)43-21-9-13-28-54(43)60(42-32-35-49-48-24-10-14-29-55(48)61-56(49)37-42)41-31-34-47-45-22-7-11-26-51(45)59(53(47)36-41)52-27-12-8-23-46(52)50-25-15-20-40-30-33-44(58(59)57(40)50)39-18-5-2-6-19-39/h1-37H. The summed E-state index contributed by atoms with van der Waals surface area (Å²) < 4.78 is 6.57. The lowest BCUT2D eigenvalue weighted by molar-refractivity contribution is 0.669. The molecule has 0 amide bonds. The molecule has 1 spiro atoms. The van der Waals surface area contributed by atoms with Crippen LogP contribution in [0.4, 0.5) is 17.1 Å². The van der Waals surface area contributed by atoms with E-state index in [2.05, 4.69) is 223 Å². The van der Waals surface area contributed by atoms with Gasteiger partial charge < -0.3 is 9.32 Å². The first-order valence-electron chi connectivity index (χ1n) is 21.1. The van der Waals surface area contributed by atoms with Gasteiger partial charge in [-0.3, -0.25) is 0 Å². The monoisotopic (exact) mass is 775 g/mol. The Morgan fingerprint density at radius 1 is 0.344 bits per heavy atom. The Morgan fingerprint density at radius 3 is 1.69 bits per heavy atom. The zero-order chi connectivity index (χ0) is 40.1. The fourth-order valence-electron chi connectivity index (χ4n) is 10.8. The third-order valence-electron chi connectivity index (χ3n) is 13.3. The van der Waals surface area contributed by atoms with E-state index in [4.69, 9.17) is 4.42 Å². The Labute approximate surface area is 354 Å². The lowest BCUT2D eigenvalue weighted by Crippen LogP contribution is -2.32. The number of rotatable bonds is 5. The molecule has 2 aliphatic rings. The number of hydrogen-bond acceptors (Lipinski definition) is 2. The van der Waals surface area contributed by atoms with E-state index in [1.54, 1.807) is 0 Å². The summed E-state index contributed by atoms with van der Waals surface area (Å²) in [6, 6.07) is 82.5. The molecule has 2 heteroatoms. The van der Waals surface area contributed by atoms with Gasteiger partial charge in [0.25, 0.3) is 0 Å². The first-order valence-corrected chi connectivity index (χ1v) is 21.1. The average molecular weight is 776 g/mol. The topological polar surface area (TPSA) is 16.4 Å². The van der Waals surface area contributed by atoms with Gasteiger partial charge in [-0.2, -0.15) is 0 Å². The summed E-state index contributed by atoms with van der Waals surface area (Å²) >= 11 is 0. The number of benzene rings is 10. The Morgan fingerprint density at radius 2 is 0.902 bits per heavy atom. The van der Waals surface area contributed by atoms with Crippen LogP contribution in [0.2, 0.25) is 0 Å². The molecule has 1 aromatic heterocycles. The van der Waals surface area contributed by atoms with Gasteiger partial charge in [0.15, 0.2) is 0 Å². The van der Waals surface area contributed by atoms with Crippen molar-refractivity contribution in [3.63, 3.8) is 0 Å². The first kappa shape index (κ1) is 34.0. The molecule has 0 aliphatic heterocycles. The number of furan rings is 1. The second-order valence-corrected chi connectivity index (χ2v) is 16.3. The van der Waals surface area contributed by atoms with Crippen LogP contribution in [0.5, 0.6) is 0 Å². The molecule has 10 aromatic carbocycles. The summed E-state index contributed by atoms with van der Waals surface area (Å²) in [6.45, 7) is 0. The summed E-state index contributed by atoms with van der Waals surface area (Å²) in [7, 11) is 0. The maximum Gasteiger partial charge on any atom is 0.137 e. The number of nitrogens with zero attached hydrogens (tertiary/aromatic N) is 1. The molecular formula is C59H37NO. The number of fused-ring (bicyclic) bond motifs is 12. The lowest BCUT2D eigenvalue weighted by Gasteiger charge is -2.41. The molecule has 61 heavy (non-hydrogen) atoms. The normalized spacial score (nSPS) is 14.6. The van der Waals surface area contributed by atoms with Crippen LogP contribution in [0.15, 0.2) is 229 Å². The molecule has 284 valence electrons. The highest BCUT2D eigenvalue weighted by Crippen LogP contribution is 2.64. The second kappa shape index (κ2) is 13.0. The molecule has 2 nitrogen and oxygen atoms in total. The number of hydrogen-bond donors (Lipinski definition) is 0. The van der Waals surface area contributed by atoms with E-state index in [9.17, 15) is 0 Å². The Bertz CT molecular complexity index is 3550. The molecule has 1 heterocycles. The lowest BCUT2D eigenvalue weighted by atomic mass is 9.60. The summed E-state index contributed by atoms with van der Waals surface area (Å²) in [4.78, 5) is 2.44. The molecule has 2 aliphatic carbocycles. The highest BCUT2D eigenvalue weighted by Gasteiger charge is 2.51. The van der Waals surface area contributed by atoms with Crippen LogP contribution in [-0.4, -0.2) is 0 Å². The van der Waals surface area contributed by atoms with E-state index in [0.29, 0.717) is 0 Å². The molecule has 0 fully saturated rings. The van der Waals surface area contributed by atoms with Gasteiger partial charge in [0, 0.05) is 33.8 Å². The predicted molar refractivity (Wildman–Crippen MR) is 253 cm³/mol. The minimum absolute atomic E-state index is 0.620.